The van der Waals surface area contributed by atoms with Crippen molar-refractivity contribution >= 4 is 16.2 Å². The molecule has 1 amide bonds. The van der Waals surface area contributed by atoms with Gasteiger partial charge >= 0.3 is 6.09 Å². The molecule has 0 radical (unpaired) electrons. The molecule has 0 spiro atoms. The molecule has 194 valence electrons. The summed E-state index contributed by atoms with van der Waals surface area (Å²) in [6, 6.07) is 30.3. The SMILES string of the molecule is Cc1ccc(S(=O)(=O)OCCc2cc3c(c(-c4ccccc4)c2)CN(C(=O)OCc2ccccc2)C3)cc1. The number of hydrogen-bond acceptors (Lipinski definition) is 5. The summed E-state index contributed by atoms with van der Waals surface area (Å²) >= 11 is 0. The van der Waals surface area contributed by atoms with E-state index in [1.54, 1.807) is 29.2 Å². The highest BCUT2D eigenvalue weighted by Crippen LogP contribution is 2.34. The molecule has 6 nitrogen and oxygen atoms in total. The molecule has 5 rings (SSSR count). The summed E-state index contributed by atoms with van der Waals surface area (Å²) in [5.74, 6) is 0. The molecule has 4 aromatic carbocycles. The van der Waals surface area contributed by atoms with Crippen molar-refractivity contribution in [3.63, 3.8) is 0 Å². The number of nitrogens with zero attached hydrogens (tertiary/aromatic N) is 1. The molecule has 0 aromatic heterocycles. The molecule has 1 aliphatic heterocycles. The number of hydrogen-bond donors (Lipinski definition) is 0. The van der Waals surface area contributed by atoms with E-state index in [0.29, 0.717) is 19.5 Å². The number of benzene rings is 4. The van der Waals surface area contributed by atoms with Gasteiger partial charge in [0.1, 0.15) is 6.61 Å². The second-order valence-electron chi connectivity index (χ2n) is 9.38. The number of carbonyl (C=O) groups is 1. The van der Waals surface area contributed by atoms with Gasteiger partial charge < -0.3 is 4.74 Å². The van der Waals surface area contributed by atoms with Crippen LogP contribution in [0.4, 0.5) is 4.79 Å². The first-order valence-corrected chi connectivity index (χ1v) is 13.9. The van der Waals surface area contributed by atoms with E-state index in [2.05, 4.69) is 6.07 Å². The van der Waals surface area contributed by atoms with Crippen molar-refractivity contribution in [3.05, 3.63) is 125 Å². The van der Waals surface area contributed by atoms with Crippen LogP contribution in [0.5, 0.6) is 0 Å². The average molecular weight is 528 g/mol. The number of rotatable bonds is 8. The number of ether oxygens (including phenoxy) is 1. The number of aryl methyl sites for hydroxylation is 1. The Morgan fingerprint density at radius 3 is 2.24 bits per heavy atom. The van der Waals surface area contributed by atoms with Crippen molar-refractivity contribution in [1.82, 2.24) is 4.90 Å². The van der Waals surface area contributed by atoms with E-state index in [4.69, 9.17) is 8.92 Å². The lowest BCUT2D eigenvalue weighted by atomic mass is 9.93. The van der Waals surface area contributed by atoms with Crippen molar-refractivity contribution in [2.75, 3.05) is 6.61 Å². The minimum Gasteiger partial charge on any atom is -0.445 e. The van der Waals surface area contributed by atoms with Crippen molar-refractivity contribution < 1.29 is 22.1 Å². The minimum atomic E-state index is -3.84. The molecule has 7 heteroatoms. The topological polar surface area (TPSA) is 72.9 Å². The highest BCUT2D eigenvalue weighted by atomic mass is 32.2. The molecule has 0 unspecified atom stereocenters. The maximum Gasteiger partial charge on any atom is 0.410 e. The van der Waals surface area contributed by atoms with Gasteiger partial charge in [-0.1, -0.05) is 90.5 Å². The van der Waals surface area contributed by atoms with E-state index in [-0.39, 0.29) is 24.2 Å². The van der Waals surface area contributed by atoms with Gasteiger partial charge in [0.2, 0.25) is 0 Å². The van der Waals surface area contributed by atoms with E-state index >= 15 is 0 Å². The Labute approximate surface area is 223 Å². The van der Waals surface area contributed by atoms with E-state index < -0.39 is 10.1 Å². The normalized spacial score (nSPS) is 12.8. The smallest absolute Gasteiger partial charge is 0.410 e. The van der Waals surface area contributed by atoms with Crippen molar-refractivity contribution in [3.8, 4) is 11.1 Å². The predicted molar refractivity (Wildman–Crippen MR) is 146 cm³/mol. The lowest BCUT2D eigenvalue weighted by Crippen LogP contribution is -2.26. The molecular weight excluding hydrogens is 498 g/mol. The molecule has 0 fully saturated rings. The monoisotopic (exact) mass is 527 g/mol. The van der Waals surface area contributed by atoms with Crippen LogP contribution >= 0.6 is 0 Å². The molecule has 38 heavy (non-hydrogen) atoms. The summed E-state index contributed by atoms with van der Waals surface area (Å²) in [6.07, 6.45) is 0.0505. The van der Waals surface area contributed by atoms with Crippen molar-refractivity contribution in [1.29, 1.82) is 0 Å². The van der Waals surface area contributed by atoms with Crippen LogP contribution in [-0.2, 0) is 45.2 Å². The van der Waals surface area contributed by atoms with Crippen LogP contribution < -0.4 is 0 Å². The Bertz CT molecular complexity index is 1520. The molecule has 0 saturated carbocycles. The summed E-state index contributed by atoms with van der Waals surface area (Å²) in [4.78, 5) is 14.7. The molecule has 4 aromatic rings. The van der Waals surface area contributed by atoms with E-state index in [1.165, 1.54) is 0 Å². The van der Waals surface area contributed by atoms with Gasteiger partial charge in [-0.25, -0.2) is 4.79 Å². The Morgan fingerprint density at radius 2 is 1.53 bits per heavy atom. The highest BCUT2D eigenvalue weighted by molar-refractivity contribution is 7.86. The first kappa shape index (κ1) is 25.7. The van der Waals surface area contributed by atoms with Crippen LogP contribution in [0.3, 0.4) is 0 Å². The zero-order valence-corrected chi connectivity index (χ0v) is 22.0. The third-order valence-corrected chi connectivity index (χ3v) is 7.93. The molecule has 0 bridgehead atoms. The van der Waals surface area contributed by atoms with Crippen LogP contribution in [0.15, 0.2) is 102 Å². The number of amides is 1. The molecule has 0 N–H and O–H groups in total. The van der Waals surface area contributed by atoms with Crippen LogP contribution in [0.2, 0.25) is 0 Å². The van der Waals surface area contributed by atoms with E-state index in [0.717, 1.165) is 38.9 Å². The van der Waals surface area contributed by atoms with Gasteiger partial charge in [-0.3, -0.25) is 9.08 Å². The Morgan fingerprint density at radius 1 is 0.842 bits per heavy atom. The predicted octanol–water partition coefficient (Wildman–Crippen LogP) is 6.26. The summed E-state index contributed by atoms with van der Waals surface area (Å²) in [5.41, 5.74) is 7.03. The summed E-state index contributed by atoms with van der Waals surface area (Å²) in [7, 11) is -3.84. The first-order chi connectivity index (χ1) is 18.4. The largest absolute Gasteiger partial charge is 0.445 e. The van der Waals surface area contributed by atoms with Crippen LogP contribution in [0.25, 0.3) is 11.1 Å². The van der Waals surface area contributed by atoms with Gasteiger partial charge in [-0.15, -0.1) is 0 Å². The van der Waals surface area contributed by atoms with Gasteiger partial charge in [0.25, 0.3) is 10.1 Å². The lowest BCUT2D eigenvalue weighted by molar-refractivity contribution is 0.0955. The van der Waals surface area contributed by atoms with E-state index in [1.807, 2.05) is 73.7 Å². The second-order valence-corrected chi connectivity index (χ2v) is 11.0. The maximum absolute atomic E-state index is 12.9. The van der Waals surface area contributed by atoms with Gasteiger partial charge in [-0.05, 0) is 58.9 Å². The first-order valence-electron chi connectivity index (χ1n) is 12.5. The van der Waals surface area contributed by atoms with E-state index in [9.17, 15) is 13.2 Å². The van der Waals surface area contributed by atoms with Gasteiger partial charge in [0, 0.05) is 6.54 Å². The fourth-order valence-corrected chi connectivity index (χ4v) is 5.49. The third kappa shape index (κ3) is 5.96. The van der Waals surface area contributed by atoms with Crippen LogP contribution in [0.1, 0.15) is 27.8 Å². The molecule has 0 aliphatic carbocycles. The maximum atomic E-state index is 12.9. The fraction of sp³-hybridized carbons (Fsp3) is 0.194. The summed E-state index contributed by atoms with van der Waals surface area (Å²) in [5, 5.41) is 0. The molecular formula is C31H29NO5S. The third-order valence-electron chi connectivity index (χ3n) is 6.60. The quantitative estimate of drug-likeness (QED) is 0.253. The Kier molecular flexibility index (Phi) is 7.58. The second kappa shape index (κ2) is 11.2. The fourth-order valence-electron chi connectivity index (χ4n) is 4.58. The van der Waals surface area contributed by atoms with Gasteiger partial charge in [0.15, 0.2) is 0 Å². The molecule has 1 aliphatic rings. The summed E-state index contributed by atoms with van der Waals surface area (Å²) < 4.78 is 36.1. The van der Waals surface area contributed by atoms with Gasteiger partial charge in [-0.2, -0.15) is 8.42 Å². The Balaban J connectivity index is 1.32. The molecule has 1 heterocycles. The summed E-state index contributed by atoms with van der Waals surface area (Å²) in [6.45, 7) is 3.02. The number of fused-ring (bicyclic) bond motifs is 1. The standard InChI is InChI=1S/C31H29NO5S/c1-23-12-14-28(15-13-23)38(34,35)37-17-16-25-18-27-20-32(31(33)36-22-24-8-4-2-5-9-24)21-30(27)29(19-25)26-10-6-3-7-11-26/h2-15,18-19H,16-17,20-22H2,1H3. The zero-order valence-electron chi connectivity index (χ0n) is 21.2. The lowest BCUT2D eigenvalue weighted by Gasteiger charge is -2.15. The Hall–Kier alpha value is -3.94. The molecule has 0 atom stereocenters. The van der Waals surface area contributed by atoms with Crippen molar-refractivity contribution in [2.24, 2.45) is 0 Å². The number of carbonyl (C=O) groups excluding carboxylic acids is 1. The minimum absolute atomic E-state index is 0.0199. The van der Waals surface area contributed by atoms with Gasteiger partial charge in [0.05, 0.1) is 18.0 Å². The highest BCUT2D eigenvalue weighted by Gasteiger charge is 2.28. The zero-order chi connectivity index (χ0) is 26.5. The van der Waals surface area contributed by atoms with Crippen LogP contribution in [0, 0.1) is 6.92 Å². The molecule has 0 saturated heterocycles. The van der Waals surface area contributed by atoms with Crippen molar-refractivity contribution in [2.45, 2.75) is 37.9 Å². The van der Waals surface area contributed by atoms with Crippen LogP contribution in [-0.4, -0.2) is 26.0 Å². The average Bonchev–Trinajstić information content (AvgIpc) is 3.37.